The van der Waals surface area contributed by atoms with Gasteiger partial charge in [-0.2, -0.15) is 0 Å². The SMILES string of the molecule is CCc1ccc(OCc2cn(-c3cc(=O)oc4ccc(Br)cc34)nn2)cc1. The Morgan fingerprint density at radius 3 is 2.74 bits per heavy atom. The van der Waals surface area contributed by atoms with Crippen LogP contribution in [0.3, 0.4) is 0 Å². The lowest BCUT2D eigenvalue weighted by Crippen LogP contribution is -2.04. The molecule has 7 heteroatoms. The Balaban J connectivity index is 1.60. The highest BCUT2D eigenvalue weighted by Gasteiger charge is 2.11. The minimum absolute atomic E-state index is 0.286. The molecule has 6 nitrogen and oxygen atoms in total. The van der Waals surface area contributed by atoms with Gasteiger partial charge in [-0.05, 0) is 42.3 Å². The van der Waals surface area contributed by atoms with E-state index in [2.05, 4.69) is 33.2 Å². The summed E-state index contributed by atoms with van der Waals surface area (Å²) in [5.74, 6) is 0.775. The Hall–Kier alpha value is -2.93. The molecule has 0 unspecified atom stereocenters. The smallest absolute Gasteiger partial charge is 0.338 e. The molecule has 27 heavy (non-hydrogen) atoms. The molecule has 4 aromatic rings. The van der Waals surface area contributed by atoms with Crippen molar-refractivity contribution in [3.8, 4) is 11.4 Å². The second-order valence-electron chi connectivity index (χ2n) is 6.03. The van der Waals surface area contributed by atoms with Crippen LogP contribution >= 0.6 is 15.9 Å². The Labute approximate surface area is 163 Å². The van der Waals surface area contributed by atoms with Gasteiger partial charge in [0.1, 0.15) is 23.6 Å². The predicted octanol–water partition coefficient (Wildman–Crippen LogP) is 4.28. The maximum absolute atomic E-state index is 11.9. The van der Waals surface area contributed by atoms with Crippen LogP contribution in [-0.4, -0.2) is 15.0 Å². The molecule has 2 aromatic carbocycles. The van der Waals surface area contributed by atoms with Crippen molar-refractivity contribution in [1.82, 2.24) is 15.0 Å². The number of halogens is 1. The molecule has 0 bridgehead atoms. The van der Waals surface area contributed by atoms with Crippen molar-refractivity contribution in [3.05, 3.63) is 80.9 Å². The summed E-state index contributed by atoms with van der Waals surface area (Å²) in [6, 6.07) is 14.8. The Morgan fingerprint density at radius 2 is 1.96 bits per heavy atom. The van der Waals surface area contributed by atoms with Crippen LogP contribution in [0.25, 0.3) is 16.7 Å². The number of aromatic nitrogens is 3. The average Bonchev–Trinajstić information content (AvgIpc) is 3.15. The molecular weight excluding hydrogens is 410 g/mol. The maximum Gasteiger partial charge on any atom is 0.338 e. The summed E-state index contributed by atoms with van der Waals surface area (Å²) in [4.78, 5) is 11.9. The summed E-state index contributed by atoms with van der Waals surface area (Å²) in [5.41, 5.74) is 2.57. The third kappa shape index (κ3) is 3.78. The van der Waals surface area contributed by atoms with Gasteiger partial charge in [0.2, 0.25) is 0 Å². The largest absolute Gasteiger partial charge is 0.487 e. The van der Waals surface area contributed by atoms with Gasteiger partial charge in [-0.1, -0.05) is 40.2 Å². The number of hydrogen-bond donors (Lipinski definition) is 0. The zero-order valence-corrected chi connectivity index (χ0v) is 16.1. The van der Waals surface area contributed by atoms with Gasteiger partial charge < -0.3 is 9.15 Å². The Bertz CT molecular complexity index is 1150. The summed E-state index contributed by atoms with van der Waals surface area (Å²) in [5, 5.41) is 9.04. The van der Waals surface area contributed by atoms with Crippen LogP contribution in [-0.2, 0) is 13.0 Å². The topological polar surface area (TPSA) is 70.2 Å². The van der Waals surface area contributed by atoms with E-state index >= 15 is 0 Å². The molecule has 0 radical (unpaired) electrons. The lowest BCUT2D eigenvalue weighted by molar-refractivity contribution is 0.301. The van der Waals surface area contributed by atoms with E-state index in [0.29, 0.717) is 17.0 Å². The van der Waals surface area contributed by atoms with Crippen molar-refractivity contribution >= 4 is 26.9 Å². The molecule has 0 N–H and O–H groups in total. The van der Waals surface area contributed by atoms with Crippen molar-refractivity contribution in [2.45, 2.75) is 20.0 Å². The summed E-state index contributed by atoms with van der Waals surface area (Å²) in [7, 11) is 0. The first kappa shape index (κ1) is 17.5. The average molecular weight is 426 g/mol. The molecule has 2 aromatic heterocycles. The number of rotatable bonds is 5. The van der Waals surface area contributed by atoms with Crippen molar-refractivity contribution in [1.29, 1.82) is 0 Å². The van der Waals surface area contributed by atoms with E-state index in [-0.39, 0.29) is 6.61 Å². The van der Waals surface area contributed by atoms with Gasteiger partial charge in [-0.15, -0.1) is 5.10 Å². The number of aryl methyl sites for hydroxylation is 1. The van der Waals surface area contributed by atoms with E-state index in [4.69, 9.17) is 9.15 Å². The molecule has 4 rings (SSSR count). The molecule has 0 saturated heterocycles. The van der Waals surface area contributed by atoms with Crippen LogP contribution in [0.1, 0.15) is 18.2 Å². The highest BCUT2D eigenvalue weighted by Crippen LogP contribution is 2.24. The highest BCUT2D eigenvalue weighted by atomic mass is 79.9. The second kappa shape index (κ2) is 7.36. The highest BCUT2D eigenvalue weighted by molar-refractivity contribution is 9.10. The standard InChI is InChI=1S/C20H16BrN3O3/c1-2-13-3-6-16(7-4-13)26-12-15-11-24(23-22-15)18-10-20(25)27-19-8-5-14(21)9-17(18)19/h3-11H,2,12H2,1H3. The van der Waals surface area contributed by atoms with E-state index < -0.39 is 5.63 Å². The first-order valence-corrected chi connectivity index (χ1v) is 9.28. The van der Waals surface area contributed by atoms with Crippen LogP contribution in [0.5, 0.6) is 5.75 Å². The number of nitrogens with zero attached hydrogens (tertiary/aromatic N) is 3. The Kier molecular flexibility index (Phi) is 4.77. The molecule has 0 amide bonds. The third-order valence-electron chi connectivity index (χ3n) is 4.19. The van der Waals surface area contributed by atoms with Crippen LogP contribution < -0.4 is 10.4 Å². The summed E-state index contributed by atoms with van der Waals surface area (Å²) < 4.78 is 13.5. The van der Waals surface area contributed by atoms with E-state index in [1.165, 1.54) is 11.6 Å². The Morgan fingerprint density at radius 1 is 1.15 bits per heavy atom. The van der Waals surface area contributed by atoms with Crippen molar-refractivity contribution < 1.29 is 9.15 Å². The van der Waals surface area contributed by atoms with Gasteiger partial charge in [-0.3, -0.25) is 0 Å². The van der Waals surface area contributed by atoms with E-state index in [1.54, 1.807) is 16.9 Å². The van der Waals surface area contributed by atoms with Gasteiger partial charge in [-0.25, -0.2) is 9.48 Å². The van der Waals surface area contributed by atoms with Crippen LogP contribution in [0.15, 0.2) is 68.4 Å². The van der Waals surface area contributed by atoms with Crippen LogP contribution in [0, 0.1) is 0 Å². The van der Waals surface area contributed by atoms with E-state index in [9.17, 15) is 4.79 Å². The summed E-state index contributed by atoms with van der Waals surface area (Å²) in [6.07, 6.45) is 2.74. The molecule has 0 fully saturated rings. The first-order valence-electron chi connectivity index (χ1n) is 8.49. The molecule has 0 saturated carbocycles. The van der Waals surface area contributed by atoms with Crippen molar-refractivity contribution in [2.75, 3.05) is 0 Å². The number of benzene rings is 2. The van der Waals surface area contributed by atoms with Gasteiger partial charge in [0.25, 0.3) is 0 Å². The normalized spacial score (nSPS) is 11.0. The van der Waals surface area contributed by atoms with Crippen molar-refractivity contribution in [3.63, 3.8) is 0 Å². The van der Waals surface area contributed by atoms with E-state index in [0.717, 1.165) is 22.0 Å². The molecule has 0 aliphatic carbocycles. The maximum atomic E-state index is 11.9. The fourth-order valence-electron chi connectivity index (χ4n) is 2.77. The number of ether oxygens (including phenoxy) is 1. The van der Waals surface area contributed by atoms with Gasteiger partial charge in [0.15, 0.2) is 0 Å². The summed E-state index contributed by atoms with van der Waals surface area (Å²) >= 11 is 3.44. The molecule has 2 heterocycles. The van der Waals surface area contributed by atoms with Crippen molar-refractivity contribution in [2.24, 2.45) is 0 Å². The molecule has 0 atom stereocenters. The van der Waals surface area contributed by atoms with Gasteiger partial charge >= 0.3 is 5.63 Å². The first-order chi connectivity index (χ1) is 13.1. The lowest BCUT2D eigenvalue weighted by Gasteiger charge is -2.05. The zero-order valence-electron chi connectivity index (χ0n) is 14.6. The number of hydrogen-bond acceptors (Lipinski definition) is 5. The van der Waals surface area contributed by atoms with E-state index in [1.807, 2.05) is 36.4 Å². The molecule has 0 aliphatic rings. The second-order valence-corrected chi connectivity index (χ2v) is 6.95. The number of fused-ring (bicyclic) bond motifs is 1. The molecule has 0 spiro atoms. The monoisotopic (exact) mass is 425 g/mol. The minimum atomic E-state index is -0.441. The fraction of sp³-hybridized carbons (Fsp3) is 0.150. The quantitative estimate of drug-likeness (QED) is 0.446. The molecular formula is C20H16BrN3O3. The third-order valence-corrected chi connectivity index (χ3v) is 4.68. The zero-order chi connectivity index (χ0) is 18.8. The van der Waals surface area contributed by atoms with Crippen LogP contribution in [0.4, 0.5) is 0 Å². The minimum Gasteiger partial charge on any atom is -0.487 e. The summed E-state index contributed by atoms with van der Waals surface area (Å²) in [6.45, 7) is 2.40. The molecule has 0 aliphatic heterocycles. The fourth-order valence-corrected chi connectivity index (χ4v) is 3.13. The predicted molar refractivity (Wildman–Crippen MR) is 105 cm³/mol. The van der Waals surface area contributed by atoms with Gasteiger partial charge in [0.05, 0.1) is 18.0 Å². The molecule has 136 valence electrons. The van der Waals surface area contributed by atoms with Crippen LogP contribution in [0.2, 0.25) is 0 Å². The lowest BCUT2D eigenvalue weighted by atomic mass is 10.2. The van der Waals surface area contributed by atoms with Gasteiger partial charge in [0, 0.05) is 9.86 Å².